The zero-order valence-corrected chi connectivity index (χ0v) is 12.4. The van der Waals surface area contributed by atoms with Gasteiger partial charge in [-0.25, -0.2) is 0 Å². The summed E-state index contributed by atoms with van der Waals surface area (Å²) in [6.07, 6.45) is 6.34. The Morgan fingerprint density at radius 3 is 2.29 bits per heavy atom. The topological polar surface area (TPSA) is 12.0 Å². The SMILES string of the molecule is C=C(/C=C(C)\C=C/CNc1ccccc1)c1ccccc1. The molecule has 21 heavy (non-hydrogen) atoms. The lowest BCUT2D eigenvalue weighted by Crippen LogP contribution is -1.97. The maximum absolute atomic E-state index is 4.11. The van der Waals surface area contributed by atoms with Crippen molar-refractivity contribution in [3.8, 4) is 0 Å². The highest BCUT2D eigenvalue weighted by Gasteiger charge is 1.93. The number of benzene rings is 2. The van der Waals surface area contributed by atoms with Crippen LogP contribution in [0.25, 0.3) is 5.57 Å². The highest BCUT2D eigenvalue weighted by molar-refractivity contribution is 5.73. The van der Waals surface area contributed by atoms with Crippen LogP contribution in [0.5, 0.6) is 0 Å². The van der Waals surface area contributed by atoms with E-state index in [2.05, 4.69) is 61.3 Å². The van der Waals surface area contributed by atoms with Crippen molar-refractivity contribution >= 4 is 11.3 Å². The van der Waals surface area contributed by atoms with Gasteiger partial charge in [0.2, 0.25) is 0 Å². The van der Waals surface area contributed by atoms with Crippen molar-refractivity contribution in [2.24, 2.45) is 0 Å². The Morgan fingerprint density at radius 1 is 1.00 bits per heavy atom. The van der Waals surface area contributed by atoms with Crippen molar-refractivity contribution in [1.82, 2.24) is 0 Å². The van der Waals surface area contributed by atoms with Crippen molar-refractivity contribution in [1.29, 1.82) is 0 Å². The third-order valence-corrected chi connectivity index (χ3v) is 3.13. The molecule has 1 N–H and O–H groups in total. The molecule has 0 bridgehead atoms. The molecule has 2 rings (SSSR count). The second-order valence-electron chi connectivity index (χ2n) is 4.93. The normalized spacial score (nSPS) is 11.6. The van der Waals surface area contributed by atoms with E-state index in [-0.39, 0.29) is 0 Å². The van der Waals surface area contributed by atoms with Gasteiger partial charge in [-0.3, -0.25) is 0 Å². The Kier molecular flexibility index (Phi) is 5.60. The van der Waals surface area contributed by atoms with Gasteiger partial charge in [0.05, 0.1) is 0 Å². The molecule has 0 spiro atoms. The lowest BCUT2D eigenvalue weighted by molar-refractivity contribution is 1.32. The van der Waals surface area contributed by atoms with E-state index in [1.54, 1.807) is 0 Å². The van der Waals surface area contributed by atoms with Gasteiger partial charge in [0.25, 0.3) is 0 Å². The molecule has 0 aromatic heterocycles. The zero-order valence-electron chi connectivity index (χ0n) is 12.4. The molecule has 0 amide bonds. The smallest absolute Gasteiger partial charge is 0.0342 e. The Bertz CT molecular complexity index is 621. The minimum absolute atomic E-state index is 0.813. The predicted octanol–water partition coefficient (Wildman–Crippen LogP) is 5.31. The molecule has 0 heterocycles. The molecule has 0 atom stereocenters. The standard InChI is InChI=1S/C20H21N/c1-17(16-18(2)19-11-5-3-6-12-19)10-9-15-21-20-13-7-4-8-14-20/h3-14,16,21H,2,15H2,1H3/b10-9-,17-16-. The van der Waals surface area contributed by atoms with E-state index < -0.39 is 0 Å². The monoisotopic (exact) mass is 275 g/mol. The highest BCUT2D eigenvalue weighted by Crippen LogP contribution is 2.15. The second kappa shape index (κ2) is 7.91. The van der Waals surface area contributed by atoms with Gasteiger partial charge in [-0.1, -0.05) is 78.9 Å². The molecule has 0 fully saturated rings. The number of rotatable bonds is 6. The summed E-state index contributed by atoms with van der Waals surface area (Å²) in [5, 5.41) is 3.35. The van der Waals surface area contributed by atoms with E-state index in [1.807, 2.05) is 36.4 Å². The molecule has 0 aliphatic rings. The molecular weight excluding hydrogens is 254 g/mol. The second-order valence-corrected chi connectivity index (χ2v) is 4.93. The van der Waals surface area contributed by atoms with Crippen molar-refractivity contribution < 1.29 is 0 Å². The fourth-order valence-corrected chi connectivity index (χ4v) is 2.04. The van der Waals surface area contributed by atoms with Crippen LogP contribution in [0.1, 0.15) is 12.5 Å². The Balaban J connectivity index is 1.86. The highest BCUT2D eigenvalue weighted by atomic mass is 14.8. The Hall–Kier alpha value is -2.54. The van der Waals surface area contributed by atoms with Crippen molar-refractivity contribution in [3.63, 3.8) is 0 Å². The summed E-state index contributed by atoms with van der Waals surface area (Å²) in [5.74, 6) is 0. The van der Waals surface area contributed by atoms with Crippen LogP contribution < -0.4 is 5.32 Å². The molecule has 2 aromatic carbocycles. The summed E-state index contributed by atoms with van der Waals surface area (Å²) in [5.41, 5.74) is 4.53. The molecule has 1 heteroatoms. The van der Waals surface area contributed by atoms with Gasteiger partial charge in [0, 0.05) is 12.2 Å². The molecule has 0 saturated carbocycles. The first-order valence-electron chi connectivity index (χ1n) is 7.14. The van der Waals surface area contributed by atoms with E-state index in [1.165, 1.54) is 5.57 Å². The van der Waals surface area contributed by atoms with E-state index in [9.17, 15) is 0 Å². The van der Waals surface area contributed by atoms with Crippen molar-refractivity contribution in [2.75, 3.05) is 11.9 Å². The average Bonchev–Trinajstić information content (AvgIpc) is 2.53. The summed E-state index contributed by atoms with van der Waals surface area (Å²) in [6, 6.07) is 20.4. The van der Waals surface area contributed by atoms with Gasteiger partial charge in [-0.05, 0) is 30.2 Å². The molecular formula is C20H21N. The van der Waals surface area contributed by atoms with Crippen LogP contribution >= 0.6 is 0 Å². The van der Waals surface area contributed by atoms with Crippen LogP contribution in [-0.4, -0.2) is 6.54 Å². The number of hydrogen-bond acceptors (Lipinski definition) is 1. The van der Waals surface area contributed by atoms with Gasteiger partial charge in [0.15, 0.2) is 0 Å². The largest absolute Gasteiger partial charge is 0.382 e. The number of hydrogen-bond donors (Lipinski definition) is 1. The van der Waals surface area contributed by atoms with Gasteiger partial charge in [0.1, 0.15) is 0 Å². The van der Waals surface area contributed by atoms with E-state index in [4.69, 9.17) is 0 Å². The fourth-order valence-electron chi connectivity index (χ4n) is 2.04. The van der Waals surface area contributed by atoms with Crippen LogP contribution in [-0.2, 0) is 0 Å². The molecule has 106 valence electrons. The van der Waals surface area contributed by atoms with E-state index in [0.717, 1.165) is 23.4 Å². The van der Waals surface area contributed by atoms with Gasteiger partial charge in [-0.2, -0.15) is 0 Å². The summed E-state index contributed by atoms with van der Waals surface area (Å²) in [7, 11) is 0. The van der Waals surface area contributed by atoms with Crippen LogP contribution in [0.3, 0.4) is 0 Å². The predicted molar refractivity (Wildman–Crippen MR) is 93.3 cm³/mol. The Morgan fingerprint density at radius 2 is 1.62 bits per heavy atom. The number of allylic oxidation sites excluding steroid dienone is 4. The fraction of sp³-hybridized carbons (Fsp3) is 0.100. The minimum atomic E-state index is 0.813. The first-order valence-corrected chi connectivity index (χ1v) is 7.14. The third kappa shape index (κ3) is 5.15. The summed E-state index contributed by atoms with van der Waals surface area (Å²) in [4.78, 5) is 0. The van der Waals surface area contributed by atoms with E-state index in [0.29, 0.717) is 0 Å². The van der Waals surface area contributed by atoms with Crippen LogP contribution in [0, 0.1) is 0 Å². The van der Waals surface area contributed by atoms with Crippen LogP contribution in [0.15, 0.2) is 91.0 Å². The molecule has 2 aromatic rings. The molecule has 0 aliphatic heterocycles. The van der Waals surface area contributed by atoms with Crippen molar-refractivity contribution in [3.05, 3.63) is 96.6 Å². The van der Waals surface area contributed by atoms with Gasteiger partial charge in [-0.15, -0.1) is 0 Å². The number of nitrogens with one attached hydrogen (secondary N) is 1. The molecule has 0 radical (unpaired) electrons. The molecule has 0 saturated heterocycles. The first kappa shape index (κ1) is 14.9. The lowest BCUT2D eigenvalue weighted by atomic mass is 10.1. The summed E-state index contributed by atoms with van der Waals surface area (Å²) in [6.45, 7) is 7.02. The van der Waals surface area contributed by atoms with Crippen LogP contribution in [0.2, 0.25) is 0 Å². The summed E-state index contributed by atoms with van der Waals surface area (Å²) < 4.78 is 0. The zero-order chi connectivity index (χ0) is 14.9. The molecule has 0 aliphatic carbocycles. The quantitative estimate of drug-likeness (QED) is 0.704. The number of anilines is 1. The first-order chi connectivity index (χ1) is 10.3. The van der Waals surface area contributed by atoms with E-state index >= 15 is 0 Å². The van der Waals surface area contributed by atoms with Crippen molar-refractivity contribution in [2.45, 2.75) is 6.92 Å². The molecule has 0 unspecified atom stereocenters. The summed E-state index contributed by atoms with van der Waals surface area (Å²) >= 11 is 0. The van der Waals surface area contributed by atoms with Gasteiger partial charge < -0.3 is 5.32 Å². The Labute approximate surface area is 127 Å². The average molecular weight is 275 g/mol. The maximum Gasteiger partial charge on any atom is 0.0342 e. The molecule has 1 nitrogen and oxygen atoms in total. The minimum Gasteiger partial charge on any atom is -0.382 e. The van der Waals surface area contributed by atoms with Gasteiger partial charge >= 0.3 is 0 Å². The van der Waals surface area contributed by atoms with Crippen LogP contribution in [0.4, 0.5) is 5.69 Å². The third-order valence-electron chi connectivity index (χ3n) is 3.13. The maximum atomic E-state index is 4.11. The number of para-hydroxylation sites is 1. The lowest BCUT2D eigenvalue weighted by Gasteiger charge is -2.03.